The van der Waals surface area contributed by atoms with Crippen molar-refractivity contribution in [3.05, 3.63) is 35.5 Å². The molecule has 0 saturated heterocycles. The average Bonchev–Trinajstić information content (AvgIpc) is 2.61. The van der Waals surface area contributed by atoms with Crippen LogP contribution in [0.2, 0.25) is 0 Å². The minimum atomic E-state index is -2.97. The van der Waals surface area contributed by atoms with E-state index in [0.717, 1.165) is 22.0 Å². The summed E-state index contributed by atoms with van der Waals surface area (Å²) in [5, 5.41) is 1.01. The zero-order valence-electron chi connectivity index (χ0n) is 9.45. The lowest BCUT2D eigenvalue weighted by Crippen LogP contribution is -2.05. The number of sulfone groups is 1. The van der Waals surface area contributed by atoms with Crippen LogP contribution in [0.15, 0.2) is 24.4 Å². The van der Waals surface area contributed by atoms with Crippen molar-refractivity contribution < 1.29 is 8.42 Å². The van der Waals surface area contributed by atoms with Crippen molar-refractivity contribution in [3.8, 4) is 0 Å². The Hall–Kier alpha value is -1.29. The number of aryl methyl sites for hydroxylation is 1. The molecular weight excluding hydrogens is 222 g/mol. The lowest BCUT2D eigenvalue weighted by Gasteiger charge is -2.00. The Labute approximate surface area is 95.4 Å². The predicted molar refractivity (Wildman–Crippen MR) is 66.2 cm³/mol. The maximum absolute atomic E-state index is 11.6. The molecule has 0 radical (unpaired) electrons. The van der Waals surface area contributed by atoms with Crippen LogP contribution in [-0.4, -0.2) is 19.2 Å². The van der Waals surface area contributed by atoms with Gasteiger partial charge in [0, 0.05) is 22.9 Å². The fourth-order valence-corrected chi connectivity index (χ4v) is 2.67. The van der Waals surface area contributed by atoms with Gasteiger partial charge in [-0.1, -0.05) is 18.6 Å². The van der Waals surface area contributed by atoms with E-state index in [-0.39, 0.29) is 11.5 Å². The fourth-order valence-electron chi connectivity index (χ4n) is 1.75. The molecule has 2 rings (SSSR count). The van der Waals surface area contributed by atoms with Gasteiger partial charge in [0.25, 0.3) is 0 Å². The molecule has 0 amide bonds. The van der Waals surface area contributed by atoms with Gasteiger partial charge in [0.1, 0.15) is 0 Å². The van der Waals surface area contributed by atoms with Crippen molar-refractivity contribution in [3.63, 3.8) is 0 Å². The van der Waals surface area contributed by atoms with Crippen molar-refractivity contribution in [2.24, 2.45) is 0 Å². The van der Waals surface area contributed by atoms with Crippen LogP contribution in [-0.2, 0) is 15.6 Å². The Kier molecular flexibility index (Phi) is 2.76. The number of aromatic amines is 1. The molecule has 4 heteroatoms. The molecule has 0 aliphatic rings. The minimum Gasteiger partial charge on any atom is -0.361 e. The zero-order chi connectivity index (χ0) is 11.8. The molecule has 0 aliphatic heterocycles. The van der Waals surface area contributed by atoms with E-state index >= 15 is 0 Å². The molecule has 1 N–H and O–H groups in total. The lowest BCUT2D eigenvalue weighted by atomic mass is 10.1. The highest BCUT2D eigenvalue weighted by Crippen LogP contribution is 2.21. The van der Waals surface area contributed by atoms with Gasteiger partial charge in [-0.15, -0.1) is 0 Å². The summed E-state index contributed by atoms with van der Waals surface area (Å²) in [7, 11) is -2.97. The smallest absolute Gasteiger partial charge is 0.154 e. The first kappa shape index (κ1) is 11.2. The Morgan fingerprint density at radius 1 is 1.31 bits per heavy atom. The van der Waals surface area contributed by atoms with E-state index in [1.165, 1.54) is 0 Å². The molecule has 0 fully saturated rings. The predicted octanol–water partition coefficient (Wildman–Crippen LogP) is 2.41. The minimum absolute atomic E-state index is 0.118. The maximum Gasteiger partial charge on any atom is 0.154 e. The molecule has 3 nitrogen and oxygen atoms in total. The molecule has 2 aromatic rings. The average molecular weight is 237 g/mol. The van der Waals surface area contributed by atoms with Crippen molar-refractivity contribution in [2.45, 2.75) is 19.6 Å². The number of nitrogens with one attached hydrogen (secondary N) is 1. The Bertz CT molecular complexity index is 611. The fraction of sp³-hybridized carbons (Fsp3) is 0.333. The van der Waals surface area contributed by atoms with E-state index in [1.54, 1.807) is 13.1 Å². The third-order valence-electron chi connectivity index (χ3n) is 2.74. The van der Waals surface area contributed by atoms with E-state index in [4.69, 9.17) is 0 Å². The molecule has 0 aliphatic carbocycles. The third kappa shape index (κ3) is 2.11. The van der Waals surface area contributed by atoms with E-state index in [2.05, 4.69) is 4.98 Å². The number of benzene rings is 1. The van der Waals surface area contributed by atoms with Crippen LogP contribution in [0.4, 0.5) is 0 Å². The van der Waals surface area contributed by atoms with Gasteiger partial charge in [-0.25, -0.2) is 8.42 Å². The number of hydrogen-bond acceptors (Lipinski definition) is 2. The summed E-state index contributed by atoms with van der Waals surface area (Å²) in [4.78, 5) is 3.10. The summed E-state index contributed by atoms with van der Waals surface area (Å²) in [5.41, 5.74) is 3.00. The summed E-state index contributed by atoms with van der Waals surface area (Å²) < 4.78 is 23.2. The first-order valence-corrected chi connectivity index (χ1v) is 7.11. The van der Waals surface area contributed by atoms with E-state index in [9.17, 15) is 8.42 Å². The molecule has 1 aromatic carbocycles. The number of hydrogen-bond donors (Lipinski definition) is 1. The van der Waals surface area contributed by atoms with Crippen molar-refractivity contribution >= 4 is 20.7 Å². The summed E-state index contributed by atoms with van der Waals surface area (Å²) in [6.07, 6.45) is 1.79. The molecule has 0 saturated carbocycles. The normalized spacial score (nSPS) is 12.1. The first-order valence-electron chi connectivity index (χ1n) is 5.29. The van der Waals surface area contributed by atoms with Crippen LogP contribution in [0.3, 0.4) is 0 Å². The van der Waals surface area contributed by atoms with Gasteiger partial charge in [-0.3, -0.25) is 0 Å². The van der Waals surface area contributed by atoms with E-state index < -0.39 is 9.84 Å². The molecule has 1 aromatic heterocycles. The van der Waals surface area contributed by atoms with E-state index in [0.29, 0.717) is 0 Å². The first-order chi connectivity index (χ1) is 7.52. The molecule has 0 unspecified atom stereocenters. The second kappa shape index (κ2) is 3.94. The van der Waals surface area contributed by atoms with Gasteiger partial charge in [-0.05, 0) is 24.6 Å². The monoisotopic (exact) mass is 237 g/mol. The summed E-state index contributed by atoms with van der Waals surface area (Å²) >= 11 is 0. The van der Waals surface area contributed by atoms with Crippen LogP contribution in [0.5, 0.6) is 0 Å². The van der Waals surface area contributed by atoms with Gasteiger partial charge in [-0.2, -0.15) is 0 Å². The highest BCUT2D eigenvalue weighted by atomic mass is 32.2. The third-order valence-corrected chi connectivity index (χ3v) is 4.37. The van der Waals surface area contributed by atoms with Crippen LogP contribution in [0, 0.1) is 6.92 Å². The molecule has 0 atom stereocenters. The standard InChI is InChI=1S/C12H15NO2S/c1-3-16(14,15)8-10-7-13-12-5-4-9(2)6-11(10)12/h4-7,13H,3,8H2,1-2H3. The summed E-state index contributed by atoms with van der Waals surface area (Å²) in [6, 6.07) is 6.01. The van der Waals surface area contributed by atoms with Crippen molar-refractivity contribution in [2.75, 3.05) is 5.75 Å². The van der Waals surface area contributed by atoms with Crippen LogP contribution in [0.1, 0.15) is 18.1 Å². The number of fused-ring (bicyclic) bond motifs is 1. The quantitative estimate of drug-likeness (QED) is 0.891. The highest BCUT2D eigenvalue weighted by molar-refractivity contribution is 7.90. The topological polar surface area (TPSA) is 49.9 Å². The molecule has 0 spiro atoms. The van der Waals surface area contributed by atoms with Gasteiger partial charge >= 0.3 is 0 Å². The highest BCUT2D eigenvalue weighted by Gasteiger charge is 2.12. The van der Waals surface area contributed by atoms with Crippen LogP contribution in [0.25, 0.3) is 10.9 Å². The summed E-state index contributed by atoms with van der Waals surface area (Å²) in [6.45, 7) is 3.68. The second-order valence-electron chi connectivity index (χ2n) is 4.04. The molecule has 1 heterocycles. The van der Waals surface area contributed by atoms with Crippen LogP contribution < -0.4 is 0 Å². The Balaban J connectivity index is 2.50. The van der Waals surface area contributed by atoms with Gasteiger partial charge in [0.2, 0.25) is 0 Å². The SMILES string of the molecule is CCS(=O)(=O)Cc1c[nH]c2ccc(C)cc12. The van der Waals surface area contributed by atoms with E-state index in [1.807, 2.05) is 25.1 Å². The van der Waals surface area contributed by atoms with Gasteiger partial charge in [0.15, 0.2) is 9.84 Å². The molecule has 16 heavy (non-hydrogen) atoms. The molecule has 86 valence electrons. The van der Waals surface area contributed by atoms with Crippen LogP contribution >= 0.6 is 0 Å². The molecule has 0 bridgehead atoms. The Morgan fingerprint density at radius 3 is 2.75 bits per heavy atom. The van der Waals surface area contributed by atoms with Crippen molar-refractivity contribution in [1.82, 2.24) is 4.98 Å². The second-order valence-corrected chi connectivity index (χ2v) is 6.39. The number of H-pyrrole nitrogens is 1. The van der Waals surface area contributed by atoms with Crippen molar-refractivity contribution in [1.29, 1.82) is 0 Å². The Morgan fingerprint density at radius 2 is 2.06 bits per heavy atom. The number of aromatic nitrogens is 1. The maximum atomic E-state index is 11.6. The molecular formula is C12H15NO2S. The lowest BCUT2D eigenvalue weighted by molar-refractivity contribution is 0.596. The van der Waals surface area contributed by atoms with Gasteiger partial charge in [0.05, 0.1) is 5.75 Å². The largest absolute Gasteiger partial charge is 0.361 e. The van der Waals surface area contributed by atoms with Gasteiger partial charge < -0.3 is 4.98 Å². The number of rotatable bonds is 3. The summed E-state index contributed by atoms with van der Waals surface area (Å²) in [5.74, 6) is 0.304. The zero-order valence-corrected chi connectivity index (χ0v) is 10.3.